The molecule has 8 nitrogen and oxygen atoms in total. The molecule has 0 saturated carbocycles. The molecule has 0 unspecified atom stereocenters. The van der Waals surface area contributed by atoms with Gasteiger partial charge in [-0.3, -0.25) is 14.4 Å². The summed E-state index contributed by atoms with van der Waals surface area (Å²) in [5.41, 5.74) is 0.828. The molecule has 1 aliphatic rings. The highest BCUT2D eigenvalue weighted by atomic mass is 32.1. The second-order valence-electron chi connectivity index (χ2n) is 5.70. The number of hydrogen-bond acceptors (Lipinski definition) is 7. The SMILES string of the molecule is C[C@H](OC(=O)CNC(=O)c1cccs1)C(=O)NCc1ccc2c(c1)OCO2. The summed E-state index contributed by atoms with van der Waals surface area (Å²) in [4.78, 5) is 36.1. The Morgan fingerprint density at radius 3 is 2.78 bits per heavy atom. The highest BCUT2D eigenvalue weighted by Gasteiger charge is 2.19. The average molecular weight is 390 g/mol. The summed E-state index contributed by atoms with van der Waals surface area (Å²) < 4.78 is 15.5. The van der Waals surface area contributed by atoms with E-state index < -0.39 is 18.0 Å². The van der Waals surface area contributed by atoms with Crippen molar-refractivity contribution in [3.63, 3.8) is 0 Å². The van der Waals surface area contributed by atoms with Crippen molar-refractivity contribution in [2.24, 2.45) is 0 Å². The van der Waals surface area contributed by atoms with E-state index in [1.807, 2.05) is 6.07 Å². The maximum Gasteiger partial charge on any atom is 0.326 e. The lowest BCUT2D eigenvalue weighted by molar-refractivity contribution is -0.153. The minimum Gasteiger partial charge on any atom is -0.454 e. The van der Waals surface area contributed by atoms with E-state index in [2.05, 4.69) is 10.6 Å². The first-order valence-corrected chi connectivity index (χ1v) is 9.08. The number of rotatable bonds is 7. The molecular formula is C18H18N2O6S. The molecule has 2 amide bonds. The van der Waals surface area contributed by atoms with Crippen LogP contribution < -0.4 is 20.1 Å². The second kappa shape index (κ2) is 8.54. The Morgan fingerprint density at radius 1 is 1.19 bits per heavy atom. The third-order valence-corrected chi connectivity index (χ3v) is 4.59. The van der Waals surface area contributed by atoms with Crippen molar-refractivity contribution in [2.75, 3.05) is 13.3 Å². The molecule has 0 radical (unpaired) electrons. The summed E-state index contributed by atoms with van der Waals surface area (Å²) in [6.07, 6.45) is -0.981. The number of amides is 2. The number of ether oxygens (including phenoxy) is 3. The minimum absolute atomic E-state index is 0.182. The molecule has 0 saturated heterocycles. The number of hydrogen-bond donors (Lipinski definition) is 2. The summed E-state index contributed by atoms with van der Waals surface area (Å²) >= 11 is 1.27. The van der Waals surface area contributed by atoms with Gasteiger partial charge in [0, 0.05) is 6.54 Å². The van der Waals surface area contributed by atoms with Crippen molar-refractivity contribution in [3.05, 3.63) is 46.2 Å². The predicted octanol–water partition coefficient (Wildman–Crippen LogP) is 1.45. The van der Waals surface area contributed by atoms with Crippen LogP contribution in [0.25, 0.3) is 0 Å². The van der Waals surface area contributed by atoms with Crippen LogP contribution in [0.5, 0.6) is 11.5 Å². The molecule has 1 atom stereocenters. The smallest absolute Gasteiger partial charge is 0.326 e. The Balaban J connectivity index is 1.40. The maximum atomic E-state index is 12.1. The third kappa shape index (κ3) is 4.98. The molecule has 9 heteroatoms. The Morgan fingerprint density at radius 2 is 2.00 bits per heavy atom. The summed E-state index contributed by atoms with van der Waals surface area (Å²) in [5, 5.41) is 6.90. The van der Waals surface area contributed by atoms with Gasteiger partial charge in [0.2, 0.25) is 6.79 Å². The molecule has 142 valence electrons. The Hall–Kier alpha value is -3.07. The first-order chi connectivity index (χ1) is 13.0. The fourth-order valence-corrected chi connectivity index (χ4v) is 2.96. The van der Waals surface area contributed by atoms with Crippen LogP contribution in [0.4, 0.5) is 0 Å². The average Bonchev–Trinajstić information content (AvgIpc) is 3.35. The van der Waals surface area contributed by atoms with Gasteiger partial charge in [-0.2, -0.15) is 0 Å². The molecule has 3 rings (SSSR count). The second-order valence-corrected chi connectivity index (χ2v) is 6.65. The molecule has 1 aliphatic heterocycles. The zero-order valence-electron chi connectivity index (χ0n) is 14.5. The molecule has 0 aliphatic carbocycles. The molecule has 0 bridgehead atoms. The fraction of sp³-hybridized carbons (Fsp3) is 0.278. The maximum absolute atomic E-state index is 12.1. The first kappa shape index (κ1) is 18.7. The molecular weight excluding hydrogens is 372 g/mol. The first-order valence-electron chi connectivity index (χ1n) is 8.20. The Kier molecular flexibility index (Phi) is 5.92. The molecule has 0 spiro atoms. The van der Waals surface area contributed by atoms with Gasteiger partial charge >= 0.3 is 5.97 Å². The van der Waals surface area contributed by atoms with Crippen molar-refractivity contribution in [3.8, 4) is 11.5 Å². The molecule has 2 N–H and O–H groups in total. The Labute approximate surface area is 159 Å². The third-order valence-electron chi connectivity index (χ3n) is 3.72. The lowest BCUT2D eigenvalue weighted by atomic mass is 10.2. The quantitative estimate of drug-likeness (QED) is 0.694. The van der Waals surface area contributed by atoms with Gasteiger partial charge in [0.05, 0.1) is 4.88 Å². The monoisotopic (exact) mass is 390 g/mol. The number of fused-ring (bicyclic) bond motifs is 1. The number of carbonyl (C=O) groups is 3. The number of thiophene rings is 1. The van der Waals surface area contributed by atoms with E-state index in [-0.39, 0.29) is 25.8 Å². The summed E-state index contributed by atoms with van der Waals surface area (Å²) in [6.45, 7) is 1.60. The highest BCUT2D eigenvalue weighted by molar-refractivity contribution is 7.12. The van der Waals surface area contributed by atoms with Crippen LogP contribution in [0.2, 0.25) is 0 Å². The van der Waals surface area contributed by atoms with Gasteiger partial charge in [0.25, 0.3) is 11.8 Å². The molecule has 2 aromatic rings. The summed E-state index contributed by atoms with van der Waals surface area (Å²) in [7, 11) is 0. The van der Waals surface area contributed by atoms with Gasteiger partial charge in [0.1, 0.15) is 6.54 Å². The van der Waals surface area contributed by atoms with E-state index in [9.17, 15) is 14.4 Å². The molecule has 27 heavy (non-hydrogen) atoms. The van der Waals surface area contributed by atoms with E-state index in [1.54, 1.807) is 29.6 Å². The van der Waals surface area contributed by atoms with Crippen LogP contribution in [0, 0.1) is 0 Å². The standard InChI is InChI=1S/C18H18N2O6S/c1-11(26-16(21)9-20-18(23)15-3-2-6-27-15)17(22)19-8-12-4-5-13-14(7-12)25-10-24-13/h2-7,11H,8-10H2,1H3,(H,19,22)(H,20,23)/t11-/m0/s1. The zero-order valence-corrected chi connectivity index (χ0v) is 15.3. The van der Waals surface area contributed by atoms with Crippen molar-refractivity contribution < 1.29 is 28.6 Å². The topological polar surface area (TPSA) is 103 Å². The number of benzene rings is 1. The summed E-state index contributed by atoms with van der Waals surface area (Å²) in [6, 6.07) is 8.75. The number of carbonyl (C=O) groups excluding carboxylic acids is 3. The molecule has 1 aromatic carbocycles. The molecule has 1 aromatic heterocycles. The normalized spacial score (nSPS) is 12.9. The largest absolute Gasteiger partial charge is 0.454 e. The van der Waals surface area contributed by atoms with Crippen molar-refractivity contribution >= 4 is 29.1 Å². The van der Waals surface area contributed by atoms with Gasteiger partial charge in [-0.1, -0.05) is 12.1 Å². The predicted molar refractivity (Wildman–Crippen MR) is 96.6 cm³/mol. The zero-order chi connectivity index (χ0) is 19.2. The van der Waals surface area contributed by atoms with E-state index in [0.29, 0.717) is 16.4 Å². The van der Waals surface area contributed by atoms with Crippen molar-refractivity contribution in [1.29, 1.82) is 0 Å². The van der Waals surface area contributed by atoms with Crippen molar-refractivity contribution in [1.82, 2.24) is 10.6 Å². The lowest BCUT2D eigenvalue weighted by Gasteiger charge is -2.14. The Bertz CT molecular complexity index is 836. The highest BCUT2D eigenvalue weighted by Crippen LogP contribution is 2.32. The van der Waals surface area contributed by atoms with Crippen LogP contribution in [0.3, 0.4) is 0 Å². The van der Waals surface area contributed by atoms with Gasteiger partial charge in [0.15, 0.2) is 17.6 Å². The fourth-order valence-electron chi connectivity index (χ4n) is 2.32. The van der Waals surface area contributed by atoms with Crippen molar-refractivity contribution in [2.45, 2.75) is 19.6 Å². The van der Waals surface area contributed by atoms with Gasteiger partial charge in [-0.15, -0.1) is 11.3 Å². The van der Waals surface area contributed by atoms with E-state index in [1.165, 1.54) is 18.3 Å². The van der Waals surface area contributed by atoms with E-state index in [0.717, 1.165) is 5.56 Å². The van der Waals surface area contributed by atoms with Crippen LogP contribution >= 0.6 is 11.3 Å². The van der Waals surface area contributed by atoms with Crippen LogP contribution in [0.1, 0.15) is 22.2 Å². The molecule has 2 heterocycles. The van der Waals surface area contributed by atoms with Gasteiger partial charge in [-0.25, -0.2) is 0 Å². The van der Waals surface area contributed by atoms with Crippen LogP contribution in [0.15, 0.2) is 35.7 Å². The molecule has 0 fully saturated rings. The number of esters is 1. The summed E-state index contributed by atoms with van der Waals surface area (Å²) in [5.74, 6) is -0.197. The van der Waals surface area contributed by atoms with E-state index in [4.69, 9.17) is 14.2 Å². The van der Waals surface area contributed by atoms with E-state index >= 15 is 0 Å². The lowest BCUT2D eigenvalue weighted by Crippen LogP contribution is -2.38. The van der Waals surface area contributed by atoms with Gasteiger partial charge < -0.3 is 24.8 Å². The minimum atomic E-state index is -0.981. The number of nitrogens with one attached hydrogen (secondary N) is 2. The van der Waals surface area contributed by atoms with Crippen LogP contribution in [-0.2, 0) is 20.9 Å². The van der Waals surface area contributed by atoms with Crippen LogP contribution in [-0.4, -0.2) is 37.2 Å². The van der Waals surface area contributed by atoms with Gasteiger partial charge in [-0.05, 0) is 36.1 Å².